The Labute approximate surface area is 143 Å². The van der Waals surface area contributed by atoms with Gasteiger partial charge in [-0.1, -0.05) is 30.3 Å². The van der Waals surface area contributed by atoms with Crippen LogP contribution in [0.1, 0.15) is 17.5 Å². The molecule has 1 nitrogen and oxygen atoms in total. The highest BCUT2D eigenvalue weighted by Crippen LogP contribution is 2.31. The maximum absolute atomic E-state index is 14.4. The summed E-state index contributed by atoms with van der Waals surface area (Å²) in [5.41, 5.74) is 1.61. The van der Waals surface area contributed by atoms with Gasteiger partial charge in [0.1, 0.15) is 23.3 Å². The fourth-order valence-corrected chi connectivity index (χ4v) is 2.81. The summed E-state index contributed by atoms with van der Waals surface area (Å²) in [5, 5.41) is 8.52. The van der Waals surface area contributed by atoms with Crippen molar-refractivity contribution in [1.82, 2.24) is 0 Å². The average Bonchev–Trinajstić information content (AvgIpc) is 2.60. The summed E-state index contributed by atoms with van der Waals surface area (Å²) in [6.45, 7) is 3.68. The molecule has 0 aliphatic heterocycles. The van der Waals surface area contributed by atoms with Gasteiger partial charge in [0, 0.05) is 0 Å². The molecular weight excluding hydrogens is 323 g/mol. The number of rotatable bonds is 4. The van der Waals surface area contributed by atoms with Crippen LogP contribution in [0.3, 0.4) is 0 Å². The van der Waals surface area contributed by atoms with Gasteiger partial charge in [-0.3, -0.25) is 0 Å². The van der Waals surface area contributed by atoms with Crippen LogP contribution in [0.25, 0.3) is 21.9 Å². The Morgan fingerprint density at radius 1 is 0.960 bits per heavy atom. The Bertz CT molecular complexity index is 999. The molecule has 0 fully saturated rings. The molecule has 0 aliphatic rings. The van der Waals surface area contributed by atoms with E-state index < -0.39 is 23.0 Å². The number of hydrogen-bond donors (Lipinski definition) is 0. The zero-order chi connectivity index (χ0) is 18.0. The summed E-state index contributed by atoms with van der Waals surface area (Å²) >= 11 is 0. The third-order valence-electron chi connectivity index (χ3n) is 4.12. The normalized spacial score (nSPS) is 10.6. The van der Waals surface area contributed by atoms with E-state index in [1.807, 2.05) is 30.3 Å². The smallest absolute Gasteiger partial charge is 0.154 e. The predicted molar refractivity (Wildman–Crippen MR) is 92.5 cm³/mol. The first kappa shape index (κ1) is 16.8. The molecule has 0 N–H and O–H groups in total. The molecule has 0 aromatic heterocycles. The van der Waals surface area contributed by atoms with Crippen LogP contribution in [0.2, 0.25) is 0 Å². The lowest BCUT2D eigenvalue weighted by molar-refractivity contribution is 0.576. The maximum Gasteiger partial charge on any atom is 0.154 e. The largest absolute Gasteiger partial charge is 0.206 e. The molecule has 25 heavy (non-hydrogen) atoms. The van der Waals surface area contributed by atoms with Gasteiger partial charge in [-0.05, 0) is 53.1 Å². The van der Waals surface area contributed by atoms with Gasteiger partial charge in [-0.2, -0.15) is 5.26 Å². The van der Waals surface area contributed by atoms with Crippen LogP contribution in [-0.4, -0.2) is 0 Å². The molecule has 3 aromatic rings. The number of nitrogens with zero attached hydrogens (tertiary/aromatic N) is 1. The molecule has 0 atom stereocenters. The van der Waals surface area contributed by atoms with Gasteiger partial charge in [0.15, 0.2) is 5.82 Å². The van der Waals surface area contributed by atoms with Crippen molar-refractivity contribution in [3.8, 4) is 17.2 Å². The van der Waals surface area contributed by atoms with E-state index in [0.717, 1.165) is 30.0 Å². The highest BCUT2D eigenvalue weighted by atomic mass is 19.1. The number of benzene rings is 3. The average molecular weight is 337 g/mol. The number of allylic oxidation sites excluding steroid dienone is 1. The third kappa shape index (κ3) is 3.14. The predicted octanol–water partition coefficient (Wildman–Crippen LogP) is 5.91. The second-order valence-electron chi connectivity index (χ2n) is 5.74. The molecule has 0 radical (unpaired) electrons. The Hall–Kier alpha value is -3.06. The summed E-state index contributed by atoms with van der Waals surface area (Å²) in [4.78, 5) is 0. The maximum atomic E-state index is 14.4. The molecule has 0 saturated heterocycles. The first-order valence-corrected chi connectivity index (χ1v) is 7.76. The molecule has 0 bridgehead atoms. The molecule has 3 aromatic carbocycles. The van der Waals surface area contributed by atoms with Crippen LogP contribution in [0.4, 0.5) is 13.2 Å². The Morgan fingerprint density at radius 3 is 2.32 bits per heavy atom. The number of aryl methyl sites for hydroxylation is 1. The zero-order valence-corrected chi connectivity index (χ0v) is 13.3. The second kappa shape index (κ2) is 6.82. The Morgan fingerprint density at radius 2 is 1.68 bits per heavy atom. The van der Waals surface area contributed by atoms with Gasteiger partial charge >= 0.3 is 0 Å². The number of fused-ring (bicyclic) bond motifs is 1. The molecule has 0 heterocycles. The van der Waals surface area contributed by atoms with Crippen LogP contribution in [-0.2, 0) is 6.42 Å². The minimum Gasteiger partial charge on any atom is -0.206 e. The van der Waals surface area contributed by atoms with Gasteiger partial charge in [-0.15, -0.1) is 6.58 Å². The SMILES string of the molecule is C=CCCc1ccc(-c2cc(F)c3c(F)c(C#N)c(F)cc3c2)cc1. The van der Waals surface area contributed by atoms with Crippen LogP contribution >= 0.6 is 0 Å². The summed E-state index contributed by atoms with van der Waals surface area (Å²) in [5.74, 6) is -2.98. The van der Waals surface area contributed by atoms with Crippen molar-refractivity contribution in [2.45, 2.75) is 12.8 Å². The van der Waals surface area contributed by atoms with E-state index in [2.05, 4.69) is 6.58 Å². The van der Waals surface area contributed by atoms with Gasteiger partial charge in [0.25, 0.3) is 0 Å². The van der Waals surface area contributed by atoms with Crippen molar-refractivity contribution in [3.05, 3.63) is 83.7 Å². The minimum atomic E-state index is -1.17. The summed E-state index contributed by atoms with van der Waals surface area (Å²) in [7, 11) is 0. The summed E-state index contributed by atoms with van der Waals surface area (Å²) in [6, 6.07) is 12.7. The van der Waals surface area contributed by atoms with E-state index in [0.29, 0.717) is 5.56 Å². The molecule has 0 unspecified atom stereocenters. The van der Waals surface area contributed by atoms with Crippen LogP contribution in [0, 0.1) is 28.8 Å². The van der Waals surface area contributed by atoms with Gasteiger partial charge in [0.2, 0.25) is 0 Å². The van der Waals surface area contributed by atoms with E-state index in [1.165, 1.54) is 18.2 Å². The van der Waals surface area contributed by atoms with E-state index in [-0.39, 0.29) is 10.8 Å². The lowest BCUT2D eigenvalue weighted by atomic mass is 9.97. The Kier molecular flexibility index (Phi) is 4.58. The molecule has 3 rings (SSSR count). The zero-order valence-electron chi connectivity index (χ0n) is 13.3. The summed E-state index contributed by atoms with van der Waals surface area (Å²) in [6.07, 6.45) is 3.57. The van der Waals surface area contributed by atoms with Crippen molar-refractivity contribution >= 4 is 10.8 Å². The number of hydrogen-bond acceptors (Lipinski definition) is 1. The molecule has 0 amide bonds. The van der Waals surface area contributed by atoms with E-state index >= 15 is 0 Å². The van der Waals surface area contributed by atoms with Gasteiger partial charge in [0.05, 0.1) is 5.39 Å². The van der Waals surface area contributed by atoms with Crippen molar-refractivity contribution in [2.24, 2.45) is 0 Å². The lowest BCUT2D eigenvalue weighted by Crippen LogP contribution is -1.95. The monoisotopic (exact) mass is 337 g/mol. The van der Waals surface area contributed by atoms with Gasteiger partial charge < -0.3 is 0 Å². The first-order chi connectivity index (χ1) is 12.0. The quantitative estimate of drug-likeness (QED) is 0.543. The highest BCUT2D eigenvalue weighted by Gasteiger charge is 2.17. The van der Waals surface area contributed by atoms with Crippen LogP contribution in [0.15, 0.2) is 55.1 Å². The molecule has 0 aliphatic carbocycles. The molecule has 0 saturated carbocycles. The van der Waals surface area contributed by atoms with Crippen molar-refractivity contribution in [2.75, 3.05) is 0 Å². The molecule has 124 valence electrons. The van der Waals surface area contributed by atoms with Gasteiger partial charge in [-0.25, -0.2) is 13.2 Å². The highest BCUT2D eigenvalue weighted by molar-refractivity contribution is 5.89. The lowest BCUT2D eigenvalue weighted by Gasteiger charge is -2.09. The topological polar surface area (TPSA) is 23.8 Å². The number of halogens is 3. The van der Waals surface area contributed by atoms with Crippen LogP contribution < -0.4 is 0 Å². The molecule has 0 spiro atoms. The fourth-order valence-electron chi connectivity index (χ4n) is 2.81. The summed E-state index contributed by atoms with van der Waals surface area (Å²) < 4.78 is 42.4. The molecular formula is C21H14F3N. The van der Waals surface area contributed by atoms with Crippen molar-refractivity contribution in [1.29, 1.82) is 5.26 Å². The van der Waals surface area contributed by atoms with Crippen molar-refractivity contribution < 1.29 is 13.2 Å². The van der Waals surface area contributed by atoms with E-state index in [4.69, 9.17) is 5.26 Å². The minimum absolute atomic E-state index is 0.0831. The standard InChI is InChI=1S/C21H14F3N/c1-2-3-4-13-5-7-14(8-6-13)15-9-16-11-18(22)17(12-25)21(24)20(16)19(23)10-15/h2,5-11H,1,3-4H2. The Balaban J connectivity index is 2.09. The first-order valence-electron chi connectivity index (χ1n) is 7.76. The fraction of sp³-hybridized carbons (Fsp3) is 0.0952. The van der Waals surface area contributed by atoms with E-state index in [1.54, 1.807) is 0 Å². The van der Waals surface area contributed by atoms with E-state index in [9.17, 15) is 13.2 Å². The third-order valence-corrected chi connectivity index (χ3v) is 4.12. The number of nitriles is 1. The van der Waals surface area contributed by atoms with Crippen LogP contribution in [0.5, 0.6) is 0 Å². The molecule has 4 heteroatoms. The second-order valence-corrected chi connectivity index (χ2v) is 5.74. The van der Waals surface area contributed by atoms with Crippen molar-refractivity contribution in [3.63, 3.8) is 0 Å².